The fraction of sp³-hybridized carbons (Fsp3) is 0.333. The van der Waals surface area contributed by atoms with E-state index in [1.54, 1.807) is 11.3 Å². The minimum atomic E-state index is 0.867. The highest BCUT2D eigenvalue weighted by Gasteiger charge is 2.12. The molecule has 3 heteroatoms. The average molecular weight is 299 g/mol. The highest BCUT2D eigenvalue weighted by atomic mass is 32.1. The number of benzene rings is 1. The van der Waals surface area contributed by atoms with Crippen molar-refractivity contribution in [2.24, 2.45) is 0 Å². The molecule has 0 aliphatic carbocycles. The lowest BCUT2D eigenvalue weighted by atomic mass is 10.1. The highest BCUT2D eigenvalue weighted by Crippen LogP contribution is 2.27. The van der Waals surface area contributed by atoms with Crippen LogP contribution in [-0.4, -0.2) is 0 Å². The molecule has 2 heterocycles. The van der Waals surface area contributed by atoms with Gasteiger partial charge in [0.15, 0.2) is 0 Å². The summed E-state index contributed by atoms with van der Waals surface area (Å²) in [6.45, 7) is 4.00. The molecule has 110 valence electrons. The first-order chi connectivity index (χ1) is 10.4. The zero-order chi connectivity index (χ0) is 14.5. The van der Waals surface area contributed by atoms with Gasteiger partial charge in [-0.15, -0.1) is 0 Å². The Hall–Kier alpha value is -1.58. The summed E-state index contributed by atoms with van der Waals surface area (Å²) < 4.78 is 6.05. The molecule has 0 saturated carbocycles. The molecule has 0 unspecified atom stereocenters. The molecule has 0 bridgehead atoms. The van der Waals surface area contributed by atoms with Crippen molar-refractivity contribution in [1.29, 1.82) is 0 Å². The second-order valence-corrected chi connectivity index (χ2v) is 6.12. The Balaban J connectivity index is 1.77. The van der Waals surface area contributed by atoms with Crippen LogP contribution < -0.4 is 5.32 Å². The summed E-state index contributed by atoms with van der Waals surface area (Å²) in [4.78, 5) is 0. The van der Waals surface area contributed by atoms with Crippen LogP contribution in [0.15, 0.2) is 45.5 Å². The summed E-state index contributed by atoms with van der Waals surface area (Å²) in [5.74, 6) is 1.15. The molecule has 3 aromatic rings. The zero-order valence-electron chi connectivity index (χ0n) is 12.4. The lowest BCUT2D eigenvalue weighted by molar-refractivity contribution is 0.525. The van der Waals surface area contributed by atoms with Gasteiger partial charge in [-0.1, -0.05) is 31.5 Å². The van der Waals surface area contributed by atoms with E-state index in [9.17, 15) is 0 Å². The fourth-order valence-corrected chi connectivity index (χ4v) is 3.28. The number of thiophene rings is 1. The smallest absolute Gasteiger partial charge is 0.134 e. The third-order valence-electron chi connectivity index (χ3n) is 3.75. The number of unbranched alkanes of at least 4 members (excludes halogenated alkanes) is 1. The Morgan fingerprint density at radius 3 is 2.86 bits per heavy atom. The van der Waals surface area contributed by atoms with Crippen molar-refractivity contribution in [3.63, 3.8) is 0 Å². The van der Waals surface area contributed by atoms with E-state index in [0.717, 1.165) is 30.9 Å². The predicted octanol–water partition coefficient (Wildman–Crippen LogP) is 5.13. The van der Waals surface area contributed by atoms with E-state index >= 15 is 0 Å². The van der Waals surface area contributed by atoms with E-state index in [1.807, 2.05) is 6.07 Å². The second-order valence-electron chi connectivity index (χ2n) is 5.34. The van der Waals surface area contributed by atoms with Crippen LogP contribution in [0, 0.1) is 0 Å². The molecule has 0 atom stereocenters. The van der Waals surface area contributed by atoms with Crippen molar-refractivity contribution < 1.29 is 4.42 Å². The molecule has 0 amide bonds. The summed E-state index contributed by atoms with van der Waals surface area (Å²) in [7, 11) is 0. The first-order valence-corrected chi connectivity index (χ1v) is 8.54. The molecule has 0 saturated heterocycles. The van der Waals surface area contributed by atoms with E-state index in [1.165, 1.54) is 29.4 Å². The number of hydrogen-bond acceptors (Lipinski definition) is 3. The molecular formula is C18H21NOS. The van der Waals surface area contributed by atoms with Gasteiger partial charge in [-0.25, -0.2) is 0 Å². The monoisotopic (exact) mass is 299 g/mol. The second kappa shape index (κ2) is 6.92. The molecule has 0 radical (unpaired) electrons. The maximum absolute atomic E-state index is 6.05. The van der Waals surface area contributed by atoms with Gasteiger partial charge in [0, 0.05) is 30.5 Å². The van der Waals surface area contributed by atoms with Crippen molar-refractivity contribution in [3.8, 4) is 0 Å². The van der Waals surface area contributed by atoms with Gasteiger partial charge in [-0.2, -0.15) is 11.3 Å². The van der Waals surface area contributed by atoms with E-state index in [2.05, 4.69) is 47.3 Å². The molecule has 0 aliphatic heterocycles. The third-order valence-corrected chi connectivity index (χ3v) is 4.48. The number of para-hydroxylation sites is 1. The number of hydrogen-bond donors (Lipinski definition) is 1. The van der Waals surface area contributed by atoms with Crippen molar-refractivity contribution in [1.82, 2.24) is 5.32 Å². The van der Waals surface area contributed by atoms with Gasteiger partial charge in [-0.05, 0) is 34.9 Å². The number of nitrogens with one attached hydrogen (secondary N) is 1. The summed E-state index contributed by atoms with van der Waals surface area (Å²) >= 11 is 1.75. The average Bonchev–Trinajstić information content (AvgIpc) is 3.13. The Morgan fingerprint density at radius 1 is 1.14 bits per heavy atom. The SMILES string of the molecule is CCCCc1oc2ccccc2c1CNCc1ccsc1. The van der Waals surface area contributed by atoms with Crippen molar-refractivity contribution in [2.75, 3.05) is 0 Å². The van der Waals surface area contributed by atoms with Crippen LogP contribution in [-0.2, 0) is 19.5 Å². The van der Waals surface area contributed by atoms with Gasteiger partial charge < -0.3 is 9.73 Å². The molecule has 0 aliphatic rings. The Labute approximate surface area is 129 Å². The quantitative estimate of drug-likeness (QED) is 0.654. The van der Waals surface area contributed by atoms with Crippen molar-refractivity contribution >= 4 is 22.3 Å². The molecular weight excluding hydrogens is 278 g/mol. The highest BCUT2D eigenvalue weighted by molar-refractivity contribution is 7.07. The van der Waals surface area contributed by atoms with Crippen molar-refractivity contribution in [3.05, 3.63) is 58.0 Å². The van der Waals surface area contributed by atoms with Crippen LogP contribution in [0.1, 0.15) is 36.7 Å². The topological polar surface area (TPSA) is 25.2 Å². The van der Waals surface area contributed by atoms with E-state index in [-0.39, 0.29) is 0 Å². The lowest BCUT2D eigenvalue weighted by Gasteiger charge is -2.05. The van der Waals surface area contributed by atoms with Gasteiger partial charge >= 0.3 is 0 Å². The van der Waals surface area contributed by atoms with Gasteiger partial charge in [0.2, 0.25) is 0 Å². The van der Waals surface area contributed by atoms with Crippen LogP contribution in [0.2, 0.25) is 0 Å². The summed E-state index contributed by atoms with van der Waals surface area (Å²) in [6, 6.07) is 10.5. The summed E-state index contributed by atoms with van der Waals surface area (Å²) in [5, 5.41) is 9.11. The number of furan rings is 1. The van der Waals surface area contributed by atoms with Crippen LogP contribution in [0.4, 0.5) is 0 Å². The molecule has 0 fully saturated rings. The molecule has 2 nitrogen and oxygen atoms in total. The Bertz CT molecular complexity index is 684. The molecule has 2 aromatic heterocycles. The Kier molecular flexibility index (Phi) is 4.73. The van der Waals surface area contributed by atoms with Crippen LogP contribution in [0.5, 0.6) is 0 Å². The minimum Gasteiger partial charge on any atom is -0.461 e. The van der Waals surface area contributed by atoms with E-state index in [4.69, 9.17) is 4.42 Å². The van der Waals surface area contributed by atoms with Crippen molar-refractivity contribution in [2.45, 2.75) is 39.3 Å². The summed E-state index contributed by atoms with van der Waals surface area (Å²) in [6.07, 6.45) is 3.40. The third kappa shape index (κ3) is 3.36. The molecule has 1 N–H and O–H groups in total. The van der Waals surface area contributed by atoms with Gasteiger partial charge in [0.1, 0.15) is 11.3 Å². The number of rotatable bonds is 7. The number of aryl methyl sites for hydroxylation is 1. The number of fused-ring (bicyclic) bond motifs is 1. The largest absolute Gasteiger partial charge is 0.461 e. The Morgan fingerprint density at radius 2 is 2.05 bits per heavy atom. The van der Waals surface area contributed by atoms with Gasteiger partial charge in [0.05, 0.1) is 0 Å². The van der Waals surface area contributed by atoms with Crippen LogP contribution >= 0.6 is 11.3 Å². The maximum Gasteiger partial charge on any atom is 0.134 e. The standard InChI is InChI=1S/C18H21NOS/c1-2-3-7-18-16(12-19-11-14-9-10-21-13-14)15-6-4-5-8-17(15)20-18/h4-6,8-10,13,19H,2-3,7,11-12H2,1H3. The fourth-order valence-electron chi connectivity index (χ4n) is 2.61. The first-order valence-electron chi connectivity index (χ1n) is 7.59. The summed E-state index contributed by atoms with van der Waals surface area (Å²) in [5.41, 5.74) is 3.69. The molecule has 21 heavy (non-hydrogen) atoms. The normalized spacial score (nSPS) is 11.3. The molecule has 1 aromatic carbocycles. The molecule has 3 rings (SSSR count). The van der Waals surface area contributed by atoms with E-state index in [0.29, 0.717) is 0 Å². The zero-order valence-corrected chi connectivity index (χ0v) is 13.2. The van der Waals surface area contributed by atoms with E-state index < -0.39 is 0 Å². The predicted molar refractivity (Wildman–Crippen MR) is 89.7 cm³/mol. The lowest BCUT2D eigenvalue weighted by Crippen LogP contribution is -2.13. The first kappa shape index (κ1) is 14.4. The van der Waals surface area contributed by atoms with Crippen LogP contribution in [0.3, 0.4) is 0 Å². The molecule has 0 spiro atoms. The van der Waals surface area contributed by atoms with Crippen LogP contribution in [0.25, 0.3) is 11.0 Å². The van der Waals surface area contributed by atoms with Gasteiger partial charge in [0.25, 0.3) is 0 Å². The maximum atomic E-state index is 6.05. The minimum absolute atomic E-state index is 0.867. The van der Waals surface area contributed by atoms with Gasteiger partial charge in [-0.3, -0.25) is 0 Å².